The number of benzene rings is 2. The van der Waals surface area contributed by atoms with Crippen LogP contribution in [0.1, 0.15) is 5.56 Å². The van der Waals surface area contributed by atoms with E-state index >= 15 is 0 Å². The summed E-state index contributed by atoms with van der Waals surface area (Å²) in [7, 11) is 0. The average Bonchev–Trinajstić information content (AvgIpc) is 3.40. The van der Waals surface area contributed by atoms with E-state index in [0.29, 0.717) is 39.0 Å². The zero-order valence-corrected chi connectivity index (χ0v) is 17.9. The molecule has 4 rings (SSSR count). The van der Waals surface area contributed by atoms with Crippen molar-refractivity contribution in [3.63, 3.8) is 0 Å². The molecular formula is C21H16Cl2N4O2S. The van der Waals surface area contributed by atoms with Gasteiger partial charge in [0.2, 0.25) is 11.7 Å². The van der Waals surface area contributed by atoms with E-state index in [4.69, 9.17) is 27.6 Å². The van der Waals surface area contributed by atoms with Gasteiger partial charge in [-0.25, -0.2) is 0 Å². The summed E-state index contributed by atoms with van der Waals surface area (Å²) in [5, 5.41) is 12.8. The summed E-state index contributed by atoms with van der Waals surface area (Å²) in [6, 6.07) is 18.5. The molecule has 2 aromatic carbocycles. The van der Waals surface area contributed by atoms with Crippen LogP contribution in [-0.2, 0) is 11.3 Å². The predicted octanol–water partition coefficient (Wildman–Crippen LogP) is 5.62. The van der Waals surface area contributed by atoms with Crippen LogP contribution in [0.4, 0.5) is 5.69 Å². The van der Waals surface area contributed by atoms with Crippen molar-refractivity contribution in [2.45, 2.75) is 11.7 Å². The zero-order valence-electron chi connectivity index (χ0n) is 15.6. The molecule has 0 unspecified atom stereocenters. The van der Waals surface area contributed by atoms with E-state index in [0.717, 1.165) is 5.56 Å². The monoisotopic (exact) mass is 458 g/mol. The van der Waals surface area contributed by atoms with Crippen molar-refractivity contribution < 1.29 is 9.21 Å². The summed E-state index contributed by atoms with van der Waals surface area (Å²) in [6.45, 7) is 0.550. The number of furan rings is 1. The Hall–Kier alpha value is -2.74. The minimum absolute atomic E-state index is 0.133. The Balaban J connectivity index is 1.52. The number of rotatable bonds is 7. The summed E-state index contributed by atoms with van der Waals surface area (Å²) >= 11 is 13.4. The Kier molecular flexibility index (Phi) is 6.42. The van der Waals surface area contributed by atoms with Gasteiger partial charge < -0.3 is 9.73 Å². The lowest BCUT2D eigenvalue weighted by atomic mass is 10.2. The number of carbonyl (C=O) groups excluding carboxylic acids is 1. The number of hydrogen-bond donors (Lipinski definition) is 1. The van der Waals surface area contributed by atoms with Gasteiger partial charge in [0.05, 0.1) is 29.3 Å². The largest absolute Gasteiger partial charge is 0.461 e. The summed E-state index contributed by atoms with van der Waals surface area (Å²) in [5.41, 5.74) is 1.55. The maximum absolute atomic E-state index is 12.4. The van der Waals surface area contributed by atoms with Crippen molar-refractivity contribution in [3.05, 3.63) is 82.5 Å². The lowest BCUT2D eigenvalue weighted by molar-refractivity contribution is -0.113. The van der Waals surface area contributed by atoms with Crippen molar-refractivity contribution in [2.24, 2.45) is 0 Å². The third-order valence-electron chi connectivity index (χ3n) is 4.18. The maximum Gasteiger partial charge on any atom is 0.234 e. The standard InChI is InChI=1S/C21H16Cl2N4O2S/c22-15-8-9-16(23)17(11-15)24-19(28)13-30-21-26-25-20(18-7-4-10-29-18)27(21)12-14-5-2-1-3-6-14/h1-11H,12-13H2,(H,24,28). The van der Waals surface area contributed by atoms with E-state index in [1.807, 2.05) is 41.0 Å². The first-order valence-corrected chi connectivity index (χ1v) is 10.7. The first-order chi connectivity index (χ1) is 14.6. The van der Waals surface area contributed by atoms with E-state index < -0.39 is 0 Å². The van der Waals surface area contributed by atoms with E-state index in [1.165, 1.54) is 11.8 Å². The Bertz CT molecular complexity index is 1150. The molecule has 0 bridgehead atoms. The fraction of sp³-hybridized carbons (Fsp3) is 0.0952. The van der Waals surface area contributed by atoms with Gasteiger partial charge in [-0.2, -0.15) is 0 Å². The van der Waals surface area contributed by atoms with Gasteiger partial charge in [-0.15, -0.1) is 10.2 Å². The molecule has 0 fully saturated rings. The molecule has 4 aromatic rings. The van der Waals surface area contributed by atoms with E-state index in [2.05, 4.69) is 15.5 Å². The van der Waals surface area contributed by atoms with Gasteiger partial charge in [-0.3, -0.25) is 9.36 Å². The van der Waals surface area contributed by atoms with Gasteiger partial charge in [0.15, 0.2) is 10.9 Å². The molecule has 152 valence electrons. The van der Waals surface area contributed by atoms with E-state index in [9.17, 15) is 4.79 Å². The van der Waals surface area contributed by atoms with Gasteiger partial charge in [0.1, 0.15) is 0 Å². The molecule has 0 aliphatic rings. The van der Waals surface area contributed by atoms with Crippen molar-refractivity contribution >= 4 is 46.6 Å². The first kappa shape index (κ1) is 20.5. The van der Waals surface area contributed by atoms with Crippen LogP contribution >= 0.6 is 35.0 Å². The summed E-state index contributed by atoms with van der Waals surface area (Å²) < 4.78 is 7.43. The smallest absolute Gasteiger partial charge is 0.234 e. The second kappa shape index (κ2) is 9.38. The molecule has 0 atom stereocenters. The molecular weight excluding hydrogens is 443 g/mol. The number of anilines is 1. The van der Waals surface area contributed by atoms with Gasteiger partial charge in [0.25, 0.3) is 0 Å². The number of nitrogens with zero attached hydrogens (tertiary/aromatic N) is 3. The van der Waals surface area contributed by atoms with Crippen LogP contribution in [0.15, 0.2) is 76.5 Å². The zero-order chi connectivity index (χ0) is 20.9. The van der Waals surface area contributed by atoms with E-state index in [-0.39, 0.29) is 11.7 Å². The number of amides is 1. The molecule has 0 saturated heterocycles. The molecule has 0 aliphatic heterocycles. The third kappa shape index (κ3) is 4.87. The Morgan fingerprint density at radius 2 is 1.90 bits per heavy atom. The van der Waals surface area contributed by atoms with Crippen LogP contribution in [0, 0.1) is 0 Å². The number of nitrogens with one attached hydrogen (secondary N) is 1. The van der Waals surface area contributed by atoms with Crippen molar-refractivity contribution in [1.29, 1.82) is 0 Å². The van der Waals surface area contributed by atoms with Crippen molar-refractivity contribution in [3.8, 4) is 11.6 Å². The van der Waals surface area contributed by atoms with Crippen LogP contribution in [0.25, 0.3) is 11.6 Å². The molecule has 9 heteroatoms. The van der Waals surface area contributed by atoms with Gasteiger partial charge >= 0.3 is 0 Å². The third-order valence-corrected chi connectivity index (χ3v) is 5.71. The first-order valence-electron chi connectivity index (χ1n) is 8.99. The second-order valence-electron chi connectivity index (χ2n) is 6.32. The number of carbonyl (C=O) groups is 1. The SMILES string of the molecule is O=C(CSc1nnc(-c2ccco2)n1Cc1ccccc1)Nc1cc(Cl)ccc1Cl. The highest BCUT2D eigenvalue weighted by atomic mass is 35.5. The molecule has 1 amide bonds. The number of thioether (sulfide) groups is 1. The molecule has 30 heavy (non-hydrogen) atoms. The highest BCUT2D eigenvalue weighted by Crippen LogP contribution is 2.28. The van der Waals surface area contributed by atoms with Crippen LogP contribution in [0.2, 0.25) is 10.0 Å². The Labute approximate surface area is 187 Å². The topological polar surface area (TPSA) is 73.0 Å². The maximum atomic E-state index is 12.4. The predicted molar refractivity (Wildman–Crippen MR) is 119 cm³/mol. The summed E-state index contributed by atoms with van der Waals surface area (Å²) in [4.78, 5) is 12.4. The fourth-order valence-electron chi connectivity index (χ4n) is 2.80. The lowest BCUT2D eigenvalue weighted by Crippen LogP contribution is -2.15. The minimum Gasteiger partial charge on any atom is -0.461 e. The Morgan fingerprint density at radius 3 is 2.67 bits per heavy atom. The number of halogens is 2. The molecule has 0 radical (unpaired) electrons. The van der Waals surface area contributed by atoms with Crippen LogP contribution < -0.4 is 5.32 Å². The van der Waals surface area contributed by atoms with E-state index in [1.54, 1.807) is 30.5 Å². The number of aromatic nitrogens is 3. The van der Waals surface area contributed by atoms with Gasteiger partial charge in [0, 0.05) is 5.02 Å². The quantitative estimate of drug-likeness (QED) is 0.363. The van der Waals surface area contributed by atoms with Crippen LogP contribution in [0.3, 0.4) is 0 Å². The molecule has 0 spiro atoms. The summed E-state index contributed by atoms with van der Waals surface area (Å²) in [6.07, 6.45) is 1.59. The number of hydrogen-bond acceptors (Lipinski definition) is 5. The normalized spacial score (nSPS) is 10.9. The minimum atomic E-state index is -0.224. The molecule has 2 heterocycles. The molecule has 6 nitrogen and oxygen atoms in total. The molecule has 1 N–H and O–H groups in total. The summed E-state index contributed by atoms with van der Waals surface area (Å²) in [5.74, 6) is 1.12. The highest BCUT2D eigenvalue weighted by Gasteiger charge is 2.18. The highest BCUT2D eigenvalue weighted by molar-refractivity contribution is 7.99. The van der Waals surface area contributed by atoms with Crippen molar-refractivity contribution in [1.82, 2.24) is 14.8 Å². The van der Waals surface area contributed by atoms with Gasteiger partial charge in [-0.1, -0.05) is 65.3 Å². The molecule has 2 aromatic heterocycles. The second-order valence-corrected chi connectivity index (χ2v) is 8.10. The van der Waals surface area contributed by atoms with Crippen LogP contribution in [0.5, 0.6) is 0 Å². The fourth-order valence-corrected chi connectivity index (χ4v) is 3.88. The lowest BCUT2D eigenvalue weighted by Gasteiger charge is -2.10. The van der Waals surface area contributed by atoms with Crippen LogP contribution in [-0.4, -0.2) is 26.4 Å². The molecule has 0 saturated carbocycles. The molecule has 0 aliphatic carbocycles. The van der Waals surface area contributed by atoms with Crippen molar-refractivity contribution in [2.75, 3.05) is 11.1 Å². The Morgan fingerprint density at radius 1 is 1.07 bits per heavy atom. The van der Waals surface area contributed by atoms with Gasteiger partial charge in [-0.05, 0) is 35.9 Å². The average molecular weight is 459 g/mol.